The SMILES string of the molecule is CCc1nc(CN)cc2ccccc12. The molecule has 0 aliphatic heterocycles. The lowest BCUT2D eigenvalue weighted by Crippen LogP contribution is -2.02. The van der Waals surface area contributed by atoms with E-state index in [1.807, 2.05) is 12.1 Å². The monoisotopic (exact) mass is 186 g/mol. The van der Waals surface area contributed by atoms with Crippen LogP contribution in [0.3, 0.4) is 0 Å². The van der Waals surface area contributed by atoms with Crippen molar-refractivity contribution < 1.29 is 0 Å². The number of rotatable bonds is 2. The van der Waals surface area contributed by atoms with E-state index >= 15 is 0 Å². The molecule has 2 heteroatoms. The molecule has 0 unspecified atom stereocenters. The Morgan fingerprint density at radius 1 is 1.29 bits per heavy atom. The molecule has 0 saturated carbocycles. The summed E-state index contributed by atoms with van der Waals surface area (Å²) in [5.74, 6) is 0. The van der Waals surface area contributed by atoms with E-state index in [2.05, 4.69) is 30.1 Å². The molecule has 0 aliphatic rings. The topological polar surface area (TPSA) is 38.9 Å². The van der Waals surface area contributed by atoms with E-state index in [4.69, 9.17) is 5.73 Å². The van der Waals surface area contributed by atoms with E-state index in [0.717, 1.165) is 17.8 Å². The second-order valence-electron chi connectivity index (χ2n) is 3.34. The zero-order chi connectivity index (χ0) is 9.97. The minimum Gasteiger partial charge on any atom is -0.325 e. The average Bonchev–Trinajstić information content (AvgIpc) is 2.27. The van der Waals surface area contributed by atoms with Gasteiger partial charge in [-0.2, -0.15) is 0 Å². The van der Waals surface area contributed by atoms with Gasteiger partial charge in [0, 0.05) is 17.6 Å². The van der Waals surface area contributed by atoms with Crippen LogP contribution < -0.4 is 5.73 Å². The summed E-state index contributed by atoms with van der Waals surface area (Å²) in [5, 5.41) is 2.48. The first-order chi connectivity index (χ1) is 6.85. The van der Waals surface area contributed by atoms with Gasteiger partial charge in [-0.05, 0) is 17.9 Å². The van der Waals surface area contributed by atoms with Crippen LogP contribution in [0.25, 0.3) is 10.8 Å². The first-order valence-corrected chi connectivity index (χ1v) is 4.92. The van der Waals surface area contributed by atoms with E-state index in [9.17, 15) is 0 Å². The van der Waals surface area contributed by atoms with Crippen molar-refractivity contribution in [2.24, 2.45) is 5.73 Å². The number of fused-ring (bicyclic) bond motifs is 1. The van der Waals surface area contributed by atoms with E-state index in [1.165, 1.54) is 10.8 Å². The van der Waals surface area contributed by atoms with Crippen LogP contribution in [0.1, 0.15) is 18.3 Å². The van der Waals surface area contributed by atoms with E-state index in [1.54, 1.807) is 0 Å². The average molecular weight is 186 g/mol. The molecular weight excluding hydrogens is 172 g/mol. The number of benzene rings is 1. The van der Waals surface area contributed by atoms with Gasteiger partial charge in [-0.15, -0.1) is 0 Å². The summed E-state index contributed by atoms with van der Waals surface area (Å²) in [6.07, 6.45) is 0.953. The molecule has 0 bridgehead atoms. The Kier molecular flexibility index (Phi) is 2.46. The van der Waals surface area contributed by atoms with Gasteiger partial charge in [-0.25, -0.2) is 0 Å². The van der Waals surface area contributed by atoms with Gasteiger partial charge in [-0.3, -0.25) is 4.98 Å². The highest BCUT2D eigenvalue weighted by Gasteiger charge is 2.02. The maximum Gasteiger partial charge on any atom is 0.0549 e. The van der Waals surface area contributed by atoms with Gasteiger partial charge in [0.1, 0.15) is 0 Å². The summed E-state index contributed by atoms with van der Waals surface area (Å²) in [6, 6.07) is 10.4. The van der Waals surface area contributed by atoms with Crippen molar-refractivity contribution in [2.75, 3.05) is 0 Å². The van der Waals surface area contributed by atoms with Crippen molar-refractivity contribution in [2.45, 2.75) is 19.9 Å². The van der Waals surface area contributed by atoms with E-state index in [-0.39, 0.29) is 0 Å². The summed E-state index contributed by atoms with van der Waals surface area (Å²) in [7, 11) is 0. The lowest BCUT2D eigenvalue weighted by molar-refractivity contribution is 0.947. The van der Waals surface area contributed by atoms with Gasteiger partial charge in [0.05, 0.1) is 5.69 Å². The molecule has 0 aliphatic carbocycles. The van der Waals surface area contributed by atoms with Gasteiger partial charge < -0.3 is 5.73 Å². The quantitative estimate of drug-likeness (QED) is 0.781. The summed E-state index contributed by atoms with van der Waals surface area (Å²) < 4.78 is 0. The highest BCUT2D eigenvalue weighted by molar-refractivity contribution is 5.84. The van der Waals surface area contributed by atoms with Crippen LogP contribution in [0.5, 0.6) is 0 Å². The maximum atomic E-state index is 5.60. The smallest absolute Gasteiger partial charge is 0.0549 e. The fourth-order valence-corrected chi connectivity index (χ4v) is 1.71. The van der Waals surface area contributed by atoms with Crippen LogP contribution >= 0.6 is 0 Å². The third kappa shape index (κ3) is 1.49. The summed E-state index contributed by atoms with van der Waals surface area (Å²) in [4.78, 5) is 4.51. The largest absolute Gasteiger partial charge is 0.325 e. The highest BCUT2D eigenvalue weighted by Crippen LogP contribution is 2.18. The van der Waals surface area contributed by atoms with Crippen molar-refractivity contribution in [1.82, 2.24) is 4.98 Å². The molecule has 2 N–H and O–H groups in total. The third-order valence-electron chi connectivity index (χ3n) is 2.42. The Bertz CT molecular complexity index is 449. The van der Waals surface area contributed by atoms with Crippen molar-refractivity contribution in [3.63, 3.8) is 0 Å². The van der Waals surface area contributed by atoms with E-state index in [0.29, 0.717) is 6.54 Å². The molecule has 0 saturated heterocycles. The number of pyridine rings is 1. The molecule has 0 spiro atoms. The lowest BCUT2D eigenvalue weighted by atomic mass is 10.1. The van der Waals surface area contributed by atoms with E-state index < -0.39 is 0 Å². The van der Waals surface area contributed by atoms with Gasteiger partial charge in [0.2, 0.25) is 0 Å². The normalized spacial score (nSPS) is 10.7. The van der Waals surface area contributed by atoms with Crippen molar-refractivity contribution in [3.8, 4) is 0 Å². The second-order valence-corrected chi connectivity index (χ2v) is 3.34. The number of aryl methyl sites for hydroxylation is 1. The Morgan fingerprint density at radius 3 is 2.79 bits per heavy atom. The molecular formula is C12H14N2. The summed E-state index contributed by atoms with van der Waals surface area (Å²) >= 11 is 0. The van der Waals surface area contributed by atoms with Crippen LogP contribution in [0.15, 0.2) is 30.3 Å². The summed E-state index contributed by atoms with van der Waals surface area (Å²) in [5.41, 5.74) is 7.72. The number of nitrogens with two attached hydrogens (primary N) is 1. The number of hydrogen-bond donors (Lipinski definition) is 1. The number of aromatic nitrogens is 1. The molecule has 2 aromatic rings. The second kappa shape index (κ2) is 3.76. The van der Waals surface area contributed by atoms with Gasteiger partial charge in [-0.1, -0.05) is 31.2 Å². The molecule has 0 amide bonds. The molecule has 0 atom stereocenters. The molecule has 0 fully saturated rings. The van der Waals surface area contributed by atoms with Crippen LogP contribution in [-0.4, -0.2) is 4.98 Å². The van der Waals surface area contributed by atoms with Crippen molar-refractivity contribution >= 4 is 10.8 Å². The minimum atomic E-state index is 0.512. The Balaban J connectivity index is 2.73. The first kappa shape index (κ1) is 9.16. The van der Waals surface area contributed by atoms with Crippen molar-refractivity contribution in [1.29, 1.82) is 0 Å². The Hall–Kier alpha value is -1.41. The standard InChI is InChI=1S/C12H14N2/c1-2-12-11-6-4-3-5-9(11)7-10(8-13)14-12/h3-7H,2,8,13H2,1H3. The van der Waals surface area contributed by atoms with Crippen LogP contribution in [0.4, 0.5) is 0 Å². The van der Waals surface area contributed by atoms with Gasteiger partial charge in [0.25, 0.3) is 0 Å². The molecule has 14 heavy (non-hydrogen) atoms. The lowest BCUT2D eigenvalue weighted by Gasteiger charge is -2.06. The van der Waals surface area contributed by atoms with Crippen LogP contribution in [-0.2, 0) is 13.0 Å². The summed E-state index contributed by atoms with van der Waals surface area (Å²) in [6.45, 7) is 2.63. The molecule has 0 radical (unpaired) electrons. The fraction of sp³-hybridized carbons (Fsp3) is 0.250. The Labute approximate surface area is 83.8 Å². The predicted octanol–water partition coefficient (Wildman–Crippen LogP) is 2.26. The zero-order valence-corrected chi connectivity index (χ0v) is 8.33. The number of hydrogen-bond acceptors (Lipinski definition) is 2. The predicted molar refractivity (Wildman–Crippen MR) is 59.0 cm³/mol. The number of nitrogens with zero attached hydrogens (tertiary/aromatic N) is 1. The molecule has 1 aromatic carbocycles. The third-order valence-corrected chi connectivity index (χ3v) is 2.42. The molecule has 2 nitrogen and oxygen atoms in total. The van der Waals surface area contributed by atoms with Crippen molar-refractivity contribution in [3.05, 3.63) is 41.7 Å². The fourth-order valence-electron chi connectivity index (χ4n) is 1.71. The first-order valence-electron chi connectivity index (χ1n) is 4.92. The molecule has 1 heterocycles. The minimum absolute atomic E-state index is 0.512. The van der Waals surface area contributed by atoms with Crippen LogP contribution in [0.2, 0.25) is 0 Å². The Morgan fingerprint density at radius 2 is 2.07 bits per heavy atom. The van der Waals surface area contributed by atoms with Gasteiger partial charge in [0.15, 0.2) is 0 Å². The van der Waals surface area contributed by atoms with Crippen LogP contribution in [0, 0.1) is 0 Å². The van der Waals surface area contributed by atoms with Gasteiger partial charge >= 0.3 is 0 Å². The molecule has 1 aromatic heterocycles. The maximum absolute atomic E-state index is 5.60. The zero-order valence-electron chi connectivity index (χ0n) is 8.33. The molecule has 72 valence electrons. The highest BCUT2D eigenvalue weighted by atomic mass is 14.7. The molecule has 2 rings (SSSR count).